The summed E-state index contributed by atoms with van der Waals surface area (Å²) in [6.07, 6.45) is 6.02. The normalized spacial score (nSPS) is 12.3. The molecule has 0 aliphatic heterocycles. The standard InChI is InChI=1S/C25H18FN3O2/c1-14-15(18-11-12-19(24(27)30)17-7-2-6-16(17)18)5-4-10-22(14)29-13-28-23-20(25(29)31)8-3-9-21(23)26/h2-6,8-13H,7H2,1H3,(H2,27,30). The average molecular weight is 411 g/mol. The molecule has 6 heteroatoms. The Morgan fingerprint density at radius 2 is 1.90 bits per heavy atom. The number of hydrogen-bond acceptors (Lipinski definition) is 3. The number of primary amides is 1. The van der Waals surface area contributed by atoms with Gasteiger partial charge in [-0.3, -0.25) is 14.2 Å². The van der Waals surface area contributed by atoms with Crippen LogP contribution in [0.1, 0.15) is 27.0 Å². The monoisotopic (exact) mass is 411 g/mol. The summed E-state index contributed by atoms with van der Waals surface area (Å²) in [6, 6.07) is 13.7. The Kier molecular flexibility index (Phi) is 4.29. The summed E-state index contributed by atoms with van der Waals surface area (Å²) in [5.74, 6) is -0.970. The minimum atomic E-state index is -0.524. The van der Waals surface area contributed by atoms with Gasteiger partial charge < -0.3 is 5.73 Å². The summed E-state index contributed by atoms with van der Waals surface area (Å²) >= 11 is 0. The smallest absolute Gasteiger partial charge is 0.265 e. The Morgan fingerprint density at radius 1 is 1.10 bits per heavy atom. The molecule has 1 aliphatic rings. The first kappa shape index (κ1) is 18.9. The molecular weight excluding hydrogens is 393 g/mol. The van der Waals surface area contributed by atoms with Gasteiger partial charge in [0, 0.05) is 5.56 Å². The molecule has 0 saturated carbocycles. The van der Waals surface area contributed by atoms with Crippen molar-refractivity contribution in [1.29, 1.82) is 0 Å². The number of carbonyl (C=O) groups is 1. The van der Waals surface area contributed by atoms with E-state index in [9.17, 15) is 14.0 Å². The topological polar surface area (TPSA) is 78.0 Å². The highest BCUT2D eigenvalue weighted by Gasteiger charge is 2.20. The SMILES string of the molecule is Cc1c(-c2ccc(C(N)=O)c3c2C=CC3)cccc1-n1cnc2c(F)cccc2c1=O. The Morgan fingerprint density at radius 3 is 2.71 bits per heavy atom. The number of fused-ring (bicyclic) bond motifs is 2. The lowest BCUT2D eigenvalue weighted by atomic mass is 9.90. The molecule has 3 aromatic carbocycles. The molecule has 0 atom stereocenters. The van der Waals surface area contributed by atoms with E-state index < -0.39 is 11.7 Å². The van der Waals surface area contributed by atoms with Gasteiger partial charge in [-0.1, -0.05) is 36.4 Å². The van der Waals surface area contributed by atoms with Gasteiger partial charge in [-0.25, -0.2) is 9.37 Å². The van der Waals surface area contributed by atoms with Gasteiger partial charge in [0.15, 0.2) is 0 Å². The highest BCUT2D eigenvalue weighted by Crippen LogP contribution is 2.36. The van der Waals surface area contributed by atoms with Crippen molar-refractivity contribution >= 4 is 22.9 Å². The van der Waals surface area contributed by atoms with Crippen molar-refractivity contribution < 1.29 is 9.18 Å². The maximum atomic E-state index is 14.0. The van der Waals surface area contributed by atoms with E-state index in [4.69, 9.17) is 5.73 Å². The number of para-hydroxylation sites is 1. The number of halogens is 1. The first-order valence-electron chi connectivity index (χ1n) is 9.86. The van der Waals surface area contributed by atoms with E-state index in [0.717, 1.165) is 27.8 Å². The summed E-state index contributed by atoms with van der Waals surface area (Å²) in [6.45, 7) is 1.93. The second kappa shape index (κ2) is 7.02. The van der Waals surface area contributed by atoms with Crippen LogP contribution in [0.25, 0.3) is 33.8 Å². The molecule has 5 rings (SSSR count). The van der Waals surface area contributed by atoms with E-state index in [0.29, 0.717) is 17.7 Å². The van der Waals surface area contributed by atoms with Gasteiger partial charge in [0.05, 0.1) is 11.1 Å². The zero-order valence-corrected chi connectivity index (χ0v) is 16.7. The average Bonchev–Trinajstić information content (AvgIpc) is 3.24. The van der Waals surface area contributed by atoms with Crippen LogP contribution in [0.3, 0.4) is 0 Å². The fourth-order valence-electron chi connectivity index (χ4n) is 4.30. The first-order chi connectivity index (χ1) is 15.0. The number of rotatable bonds is 3. The largest absolute Gasteiger partial charge is 0.366 e. The summed E-state index contributed by atoms with van der Waals surface area (Å²) in [5, 5.41) is 0.224. The van der Waals surface area contributed by atoms with Crippen molar-refractivity contribution in [2.75, 3.05) is 0 Å². The molecule has 0 radical (unpaired) electrons. The second-order valence-corrected chi connectivity index (χ2v) is 7.53. The lowest BCUT2D eigenvalue weighted by Crippen LogP contribution is -2.20. The number of aromatic nitrogens is 2. The van der Waals surface area contributed by atoms with E-state index >= 15 is 0 Å². The molecule has 0 fully saturated rings. The lowest BCUT2D eigenvalue weighted by Gasteiger charge is -2.17. The molecule has 2 N–H and O–H groups in total. The third kappa shape index (κ3) is 2.87. The van der Waals surface area contributed by atoms with Crippen molar-refractivity contribution in [1.82, 2.24) is 9.55 Å². The molecule has 1 aliphatic carbocycles. The molecule has 1 amide bonds. The number of benzene rings is 3. The van der Waals surface area contributed by atoms with Crippen LogP contribution in [-0.4, -0.2) is 15.5 Å². The number of carbonyl (C=O) groups excluding carboxylic acids is 1. The second-order valence-electron chi connectivity index (χ2n) is 7.53. The Balaban J connectivity index is 1.72. The van der Waals surface area contributed by atoms with Gasteiger partial charge in [0.2, 0.25) is 5.91 Å². The maximum Gasteiger partial charge on any atom is 0.265 e. The van der Waals surface area contributed by atoms with E-state index in [-0.39, 0.29) is 16.5 Å². The van der Waals surface area contributed by atoms with Crippen LogP contribution in [-0.2, 0) is 6.42 Å². The predicted molar refractivity (Wildman–Crippen MR) is 119 cm³/mol. The first-order valence-corrected chi connectivity index (χ1v) is 9.86. The van der Waals surface area contributed by atoms with Crippen molar-refractivity contribution in [3.63, 3.8) is 0 Å². The quantitative estimate of drug-likeness (QED) is 0.550. The van der Waals surface area contributed by atoms with Crippen LogP contribution in [0, 0.1) is 12.7 Å². The minimum absolute atomic E-state index is 0.0579. The summed E-state index contributed by atoms with van der Waals surface area (Å²) in [5.41, 5.74) is 11.1. The molecule has 0 saturated heterocycles. The van der Waals surface area contributed by atoms with E-state index in [1.54, 1.807) is 12.1 Å². The Hall–Kier alpha value is -4.06. The van der Waals surface area contributed by atoms with Crippen molar-refractivity contribution in [2.24, 2.45) is 5.73 Å². The highest BCUT2D eigenvalue weighted by molar-refractivity contribution is 5.98. The van der Waals surface area contributed by atoms with Crippen LogP contribution < -0.4 is 11.3 Å². The molecule has 0 bridgehead atoms. The van der Waals surface area contributed by atoms with Crippen LogP contribution in [0.2, 0.25) is 0 Å². The molecule has 0 unspecified atom stereocenters. The third-order valence-electron chi connectivity index (χ3n) is 5.82. The van der Waals surface area contributed by atoms with Crippen LogP contribution >= 0.6 is 0 Å². The van der Waals surface area contributed by atoms with Gasteiger partial charge in [0.25, 0.3) is 5.56 Å². The third-order valence-corrected chi connectivity index (χ3v) is 5.82. The number of amides is 1. The summed E-state index contributed by atoms with van der Waals surface area (Å²) in [4.78, 5) is 29.1. The molecule has 4 aromatic rings. The van der Waals surface area contributed by atoms with E-state index in [2.05, 4.69) is 4.98 Å². The number of nitrogens with two attached hydrogens (primary N) is 1. The number of hydrogen-bond donors (Lipinski definition) is 1. The summed E-state index contributed by atoms with van der Waals surface area (Å²) in [7, 11) is 0. The molecule has 152 valence electrons. The van der Waals surface area contributed by atoms with E-state index in [1.807, 2.05) is 43.3 Å². The van der Waals surface area contributed by atoms with Crippen molar-refractivity contribution in [3.8, 4) is 16.8 Å². The number of allylic oxidation sites excluding steroid dienone is 1. The molecule has 31 heavy (non-hydrogen) atoms. The van der Waals surface area contributed by atoms with Gasteiger partial charge in [-0.2, -0.15) is 0 Å². The van der Waals surface area contributed by atoms with Crippen LogP contribution in [0.5, 0.6) is 0 Å². The molecular formula is C25H18FN3O2. The fourth-order valence-corrected chi connectivity index (χ4v) is 4.30. The van der Waals surface area contributed by atoms with Crippen molar-refractivity contribution in [3.05, 3.63) is 99.4 Å². The molecule has 1 aromatic heterocycles. The van der Waals surface area contributed by atoms with Crippen LogP contribution in [0.4, 0.5) is 4.39 Å². The zero-order valence-electron chi connectivity index (χ0n) is 16.7. The summed E-state index contributed by atoms with van der Waals surface area (Å²) < 4.78 is 15.5. The van der Waals surface area contributed by atoms with Gasteiger partial charge in [-0.05, 0) is 65.4 Å². The van der Waals surface area contributed by atoms with Gasteiger partial charge >= 0.3 is 0 Å². The fraction of sp³-hybridized carbons (Fsp3) is 0.0800. The van der Waals surface area contributed by atoms with Gasteiger partial charge in [-0.15, -0.1) is 0 Å². The Bertz CT molecular complexity index is 1480. The zero-order chi connectivity index (χ0) is 21.7. The van der Waals surface area contributed by atoms with E-state index in [1.165, 1.54) is 23.0 Å². The molecule has 0 spiro atoms. The number of nitrogens with zero attached hydrogens (tertiary/aromatic N) is 2. The van der Waals surface area contributed by atoms with Crippen LogP contribution in [0.15, 0.2) is 65.7 Å². The van der Waals surface area contributed by atoms with Crippen molar-refractivity contribution in [2.45, 2.75) is 13.3 Å². The minimum Gasteiger partial charge on any atom is -0.366 e. The van der Waals surface area contributed by atoms with Gasteiger partial charge in [0.1, 0.15) is 17.7 Å². The Labute approximate surface area is 177 Å². The lowest BCUT2D eigenvalue weighted by molar-refractivity contribution is 0.0999. The predicted octanol–water partition coefficient (Wildman–Crippen LogP) is 4.17. The maximum absolute atomic E-state index is 14.0. The molecule has 1 heterocycles. The highest BCUT2D eigenvalue weighted by atomic mass is 19.1. The molecule has 5 nitrogen and oxygen atoms in total.